The van der Waals surface area contributed by atoms with Crippen molar-refractivity contribution in [2.75, 3.05) is 45.7 Å². The van der Waals surface area contributed by atoms with Gasteiger partial charge in [0.05, 0.1) is 48.6 Å². The van der Waals surface area contributed by atoms with Crippen LogP contribution < -0.4 is 27.0 Å². The summed E-state index contributed by atoms with van der Waals surface area (Å²) in [5, 5.41) is 30.7. The van der Waals surface area contributed by atoms with E-state index in [4.69, 9.17) is 29.4 Å². The summed E-state index contributed by atoms with van der Waals surface area (Å²) >= 11 is 0. The van der Waals surface area contributed by atoms with E-state index in [9.17, 15) is 53.4 Å². The quantitative estimate of drug-likeness (QED) is 0.0214. The molecule has 5 rings (SSSR count). The summed E-state index contributed by atoms with van der Waals surface area (Å²) in [7, 11) is 3.18. The minimum Gasteiger partial charge on any atom is -0.481 e. The molecule has 4 aliphatic rings. The van der Waals surface area contributed by atoms with E-state index in [1.165, 1.54) is 22.0 Å². The first-order valence-corrected chi connectivity index (χ1v) is 29.2. The van der Waals surface area contributed by atoms with Crippen LogP contribution in [0.1, 0.15) is 125 Å². The first-order chi connectivity index (χ1) is 39.7. The lowest BCUT2D eigenvalue weighted by Gasteiger charge is -2.40. The lowest BCUT2D eigenvalue weighted by molar-refractivity contribution is -0.151. The normalized spacial score (nSPS) is 24.5. The van der Waals surface area contributed by atoms with Crippen molar-refractivity contribution in [1.82, 2.24) is 30.7 Å². The molecule has 13 atom stereocenters. The lowest BCUT2D eigenvalue weighted by atomic mass is 9.85. The number of carboxylic acid groups (broad SMARTS) is 1. The molecule has 0 aromatic heterocycles. The molecule has 0 bridgehead atoms. The maximum absolute atomic E-state index is 13.7. The second-order valence-corrected chi connectivity index (χ2v) is 23.4. The van der Waals surface area contributed by atoms with Gasteiger partial charge in [-0.1, -0.05) is 71.4 Å². The number of ether oxygens (including phenoxy) is 5. The third kappa shape index (κ3) is 20.1. The van der Waals surface area contributed by atoms with Gasteiger partial charge >= 0.3 is 24.2 Å². The van der Waals surface area contributed by atoms with Crippen LogP contribution in [0.2, 0.25) is 0 Å². The molecule has 4 heterocycles. The molecule has 0 spiro atoms. The van der Waals surface area contributed by atoms with Crippen molar-refractivity contribution in [2.24, 2.45) is 29.4 Å². The highest BCUT2D eigenvalue weighted by molar-refractivity contribution is 6.12. The molecule has 1 aromatic rings. The number of carboxylic acids is 1. The molecule has 8 N–H and O–H groups in total. The van der Waals surface area contributed by atoms with E-state index in [1.807, 2.05) is 32.9 Å². The van der Waals surface area contributed by atoms with E-state index in [-0.39, 0.29) is 124 Å². The predicted octanol–water partition coefficient (Wildman–Crippen LogP) is 5.32. The number of aliphatic carboxylic acids is 1. The molecule has 4 aliphatic heterocycles. The monoisotopic (exact) mass is 1180 g/mol. The molecule has 3 fully saturated rings. The number of carbonyl (C=O) groups is 9. The van der Waals surface area contributed by atoms with Crippen molar-refractivity contribution in [2.45, 2.75) is 187 Å². The van der Waals surface area contributed by atoms with E-state index < -0.39 is 72.5 Å². The standard InChI is InChI=1S/C60H90N8O16/c1-35(2)51(65-47(70)19-12-11-13-28-68-48(71)24-25-49(68)72)56(76)64-45(18-15-27-62-57(61)77)55(75)63-42-22-20-41(21-23-42)34-81-58(78)66(9)43-26-29-67(33-43)59(79)83-46-30-44(31-50(73)74)82-52(38(46)5)37(4)17-14-16-36(3)32-60(8)54(84-60)39(6)53(80-10)40(7)69/h14,16-17,20-25,35-36,38-40,43-46,51-54,69H,11-13,15,18-19,26-34H2,1-10H3,(H,63,75)(H,64,76)(H,65,70)(H,73,74)(H3,61,62,77)/b16-14+,37-17+/t36-,38+,39-,40-,43?,44-,45-,46-,51-,52-,53-,54-,60-/m1/s1. The highest BCUT2D eigenvalue weighted by Gasteiger charge is 2.57. The Labute approximate surface area is 492 Å². The molecule has 466 valence electrons. The summed E-state index contributed by atoms with van der Waals surface area (Å²) in [6.07, 6.45) is 7.51. The van der Waals surface area contributed by atoms with Gasteiger partial charge in [-0.25, -0.2) is 14.4 Å². The van der Waals surface area contributed by atoms with Crippen molar-refractivity contribution in [3.63, 3.8) is 0 Å². The number of rotatable bonds is 31. The van der Waals surface area contributed by atoms with E-state index >= 15 is 0 Å². The van der Waals surface area contributed by atoms with Crippen LogP contribution in [0, 0.1) is 23.7 Å². The molecule has 1 unspecified atom stereocenters. The summed E-state index contributed by atoms with van der Waals surface area (Å²) in [6.45, 7) is 16.0. The second-order valence-electron chi connectivity index (χ2n) is 23.4. The van der Waals surface area contributed by atoms with Crippen molar-refractivity contribution >= 4 is 59.4 Å². The minimum atomic E-state index is -1.08. The Bertz CT molecular complexity index is 2540. The van der Waals surface area contributed by atoms with Gasteiger partial charge in [0.1, 0.15) is 24.8 Å². The van der Waals surface area contributed by atoms with E-state index in [0.29, 0.717) is 43.5 Å². The number of amides is 9. The molecule has 0 radical (unpaired) electrons. The van der Waals surface area contributed by atoms with Gasteiger partial charge in [-0.05, 0) is 94.4 Å². The highest BCUT2D eigenvalue weighted by atomic mass is 16.6. The van der Waals surface area contributed by atoms with Gasteiger partial charge in [-0.2, -0.15) is 0 Å². The Hall–Kier alpha value is -6.89. The van der Waals surface area contributed by atoms with Gasteiger partial charge in [0.25, 0.3) is 11.8 Å². The van der Waals surface area contributed by atoms with Crippen LogP contribution in [0.5, 0.6) is 0 Å². The van der Waals surface area contributed by atoms with Crippen molar-refractivity contribution < 1.29 is 77.0 Å². The maximum atomic E-state index is 13.7. The average Bonchev–Trinajstić information content (AvgIpc) is 1.90. The first kappa shape index (κ1) is 67.9. The van der Waals surface area contributed by atoms with Crippen LogP contribution in [0.15, 0.2) is 60.2 Å². The number of epoxide rings is 1. The van der Waals surface area contributed by atoms with Crippen LogP contribution in [0.4, 0.5) is 20.1 Å². The topological polar surface area (TPSA) is 327 Å². The number of nitrogens with zero attached hydrogens (tertiary/aromatic N) is 3. The van der Waals surface area contributed by atoms with Crippen LogP contribution in [-0.4, -0.2) is 179 Å². The third-order valence-corrected chi connectivity index (χ3v) is 16.1. The fourth-order valence-electron chi connectivity index (χ4n) is 11.3. The van der Waals surface area contributed by atoms with Crippen molar-refractivity contribution in [3.05, 3.63) is 65.8 Å². The fraction of sp³-hybridized carbons (Fsp3) is 0.650. The average molecular weight is 1180 g/mol. The number of hydrogen-bond acceptors (Lipinski definition) is 15. The predicted molar refractivity (Wildman–Crippen MR) is 309 cm³/mol. The lowest BCUT2D eigenvalue weighted by Crippen LogP contribution is -2.54. The number of primary amides is 1. The van der Waals surface area contributed by atoms with Gasteiger partial charge in [0, 0.05) is 82.9 Å². The largest absolute Gasteiger partial charge is 0.481 e. The number of anilines is 1. The van der Waals surface area contributed by atoms with Gasteiger partial charge in [0.2, 0.25) is 17.7 Å². The number of carbonyl (C=O) groups excluding carboxylic acids is 8. The number of likely N-dealkylation sites (N-methyl/N-ethyl adjacent to an activating group) is 1. The molecule has 1 aromatic carbocycles. The SMILES string of the molecule is CO[C@H]([C@@H](C)[C@H]1O[C@]1(C)C[C@H](C)/C=C/C=C(\C)[C@H]1O[C@@H](CC(=O)O)C[C@@H](OC(=O)N2CCC(N(C)C(=O)OCc3ccc(NC(=O)[C@@H](CCCNC(N)=O)NC(=O)[C@H](NC(=O)CCCCCN4C(=O)C=CC4=O)C(C)C)cc3)C2)[C@@H]1C)[C@@H](C)O. The summed E-state index contributed by atoms with van der Waals surface area (Å²) < 4.78 is 29.7. The minimum absolute atomic E-state index is 0.00511. The molecular weight excluding hydrogens is 1090 g/mol. The molecule has 0 saturated carbocycles. The molecule has 0 aliphatic carbocycles. The van der Waals surface area contributed by atoms with E-state index in [1.54, 1.807) is 59.2 Å². The number of allylic oxidation sites excluding steroid dienone is 3. The van der Waals surface area contributed by atoms with Crippen LogP contribution >= 0.6 is 0 Å². The number of aliphatic hydroxyl groups excluding tert-OH is 1. The van der Waals surface area contributed by atoms with Gasteiger partial charge < -0.3 is 70.7 Å². The van der Waals surface area contributed by atoms with E-state index in [0.717, 1.165) is 16.9 Å². The first-order valence-electron chi connectivity index (χ1n) is 29.2. The molecule has 24 nitrogen and oxygen atoms in total. The number of imide groups is 1. The number of aliphatic hydroxyl groups is 1. The summed E-state index contributed by atoms with van der Waals surface area (Å²) in [5.74, 6) is -3.79. The number of likely N-dealkylation sites (tertiary alicyclic amines) is 1. The molecule has 84 heavy (non-hydrogen) atoms. The van der Waals surface area contributed by atoms with Gasteiger partial charge in [-0.3, -0.25) is 33.7 Å². The number of hydrogen-bond donors (Lipinski definition) is 7. The third-order valence-electron chi connectivity index (χ3n) is 16.1. The van der Waals surface area contributed by atoms with Crippen molar-refractivity contribution in [3.8, 4) is 0 Å². The van der Waals surface area contributed by atoms with E-state index in [2.05, 4.69) is 41.2 Å². The number of urea groups is 1. The Morgan fingerprint density at radius 2 is 1.65 bits per heavy atom. The Morgan fingerprint density at radius 1 is 0.964 bits per heavy atom. The second kappa shape index (κ2) is 31.8. The molecular formula is C60H90N8O16. The maximum Gasteiger partial charge on any atom is 0.410 e. The van der Waals surface area contributed by atoms with Crippen LogP contribution in [0.3, 0.4) is 0 Å². The number of methoxy groups -OCH3 is 1. The van der Waals surface area contributed by atoms with Gasteiger partial charge in [-0.15, -0.1) is 0 Å². The zero-order chi connectivity index (χ0) is 62.0. The van der Waals surface area contributed by atoms with Crippen LogP contribution in [-0.2, 0) is 59.1 Å². The summed E-state index contributed by atoms with van der Waals surface area (Å²) in [6, 6.07) is 3.35. The zero-order valence-corrected chi connectivity index (χ0v) is 50.3. The highest BCUT2D eigenvalue weighted by Crippen LogP contribution is 2.47. The summed E-state index contributed by atoms with van der Waals surface area (Å²) in [5.41, 5.74) is 6.69. The Balaban J connectivity index is 1.09. The Morgan fingerprint density at radius 3 is 2.29 bits per heavy atom. The zero-order valence-electron chi connectivity index (χ0n) is 50.3. The Kier molecular flexibility index (Phi) is 25.7. The number of unbranched alkanes of at least 4 members (excludes halogenated alkanes) is 2. The number of benzene rings is 1. The van der Waals surface area contributed by atoms with Gasteiger partial charge in [0.15, 0.2) is 0 Å². The fourth-order valence-corrected chi connectivity index (χ4v) is 11.3. The van der Waals surface area contributed by atoms with Crippen LogP contribution in [0.25, 0.3) is 0 Å². The molecule has 24 heteroatoms. The number of nitrogens with one attached hydrogen (secondary N) is 4. The summed E-state index contributed by atoms with van der Waals surface area (Å²) in [4.78, 5) is 118. The smallest absolute Gasteiger partial charge is 0.410 e. The molecule has 9 amide bonds. The molecule has 3 saturated heterocycles. The van der Waals surface area contributed by atoms with Crippen molar-refractivity contribution in [1.29, 1.82) is 0 Å². The number of nitrogens with two attached hydrogens (primary N) is 1.